The molecule has 1 saturated carbocycles. The summed E-state index contributed by atoms with van der Waals surface area (Å²) in [6.07, 6.45) is 6.11. The van der Waals surface area contributed by atoms with Crippen LogP contribution >= 0.6 is 0 Å². The van der Waals surface area contributed by atoms with Gasteiger partial charge in [0.2, 0.25) is 0 Å². The van der Waals surface area contributed by atoms with Gasteiger partial charge in [0.1, 0.15) is 0 Å². The van der Waals surface area contributed by atoms with Crippen LogP contribution in [0.4, 0.5) is 0 Å². The summed E-state index contributed by atoms with van der Waals surface area (Å²) in [5.74, 6) is 1.25. The third-order valence-electron chi connectivity index (χ3n) is 3.92. The molecule has 102 valence electrons. The van der Waals surface area contributed by atoms with E-state index in [0.717, 1.165) is 12.3 Å². The molecule has 0 aliphatic heterocycles. The first kappa shape index (κ1) is 15.2. The lowest BCUT2D eigenvalue weighted by Gasteiger charge is -2.38. The van der Waals surface area contributed by atoms with Crippen molar-refractivity contribution in [2.24, 2.45) is 17.6 Å². The number of hydrogen-bond acceptors (Lipinski definition) is 2. The zero-order valence-corrected chi connectivity index (χ0v) is 12.7. The Hall–Kier alpha value is 0.110. The minimum absolute atomic E-state index is 0.105. The highest BCUT2D eigenvalue weighted by molar-refractivity contribution is 7.87. The van der Waals surface area contributed by atoms with Crippen LogP contribution in [0.3, 0.4) is 0 Å². The molecule has 3 heteroatoms. The molecule has 1 aliphatic rings. The van der Waals surface area contributed by atoms with Crippen LogP contribution in [0.2, 0.25) is 0 Å². The summed E-state index contributed by atoms with van der Waals surface area (Å²) >= 11 is 0. The summed E-state index contributed by atoms with van der Waals surface area (Å²) in [6.45, 7) is 9.19. The Bertz CT molecular complexity index is 259. The van der Waals surface area contributed by atoms with Gasteiger partial charge in [-0.1, -0.05) is 26.2 Å². The Morgan fingerprint density at radius 2 is 1.94 bits per heavy atom. The monoisotopic (exact) mass is 259 g/mol. The van der Waals surface area contributed by atoms with Gasteiger partial charge < -0.3 is 5.73 Å². The first-order chi connectivity index (χ1) is 7.90. The lowest BCUT2D eigenvalue weighted by Crippen LogP contribution is -2.42. The maximum Gasteiger partial charge on any atom is 0.0396 e. The van der Waals surface area contributed by atoms with E-state index < -0.39 is 10.8 Å². The largest absolute Gasteiger partial charge is 0.330 e. The zero-order valence-electron chi connectivity index (χ0n) is 11.9. The van der Waals surface area contributed by atoms with Crippen molar-refractivity contribution in [2.45, 2.75) is 69.8 Å². The Morgan fingerprint density at radius 1 is 1.29 bits per heavy atom. The van der Waals surface area contributed by atoms with Crippen LogP contribution in [0.25, 0.3) is 0 Å². The van der Waals surface area contributed by atoms with Gasteiger partial charge in [0.05, 0.1) is 0 Å². The predicted octanol–water partition coefficient (Wildman–Crippen LogP) is 3.08. The second-order valence-corrected chi connectivity index (χ2v) is 8.84. The molecule has 1 aliphatic carbocycles. The van der Waals surface area contributed by atoms with E-state index in [2.05, 4.69) is 27.7 Å². The van der Waals surface area contributed by atoms with Crippen molar-refractivity contribution < 1.29 is 4.21 Å². The van der Waals surface area contributed by atoms with Gasteiger partial charge in [-0.3, -0.25) is 4.21 Å². The van der Waals surface area contributed by atoms with E-state index in [4.69, 9.17) is 5.73 Å². The highest BCUT2D eigenvalue weighted by Gasteiger charge is 2.37. The number of hydrogen-bond donors (Lipinski definition) is 1. The summed E-state index contributed by atoms with van der Waals surface area (Å²) in [4.78, 5) is 0. The average Bonchev–Trinajstić information content (AvgIpc) is 2.27. The fraction of sp³-hybridized carbons (Fsp3) is 1.00. The van der Waals surface area contributed by atoms with Crippen molar-refractivity contribution in [3.8, 4) is 0 Å². The van der Waals surface area contributed by atoms with E-state index in [0.29, 0.717) is 17.7 Å². The van der Waals surface area contributed by atoms with Gasteiger partial charge in [0.15, 0.2) is 0 Å². The average molecular weight is 259 g/mol. The number of nitrogens with two attached hydrogens (primary N) is 1. The van der Waals surface area contributed by atoms with Gasteiger partial charge in [-0.2, -0.15) is 0 Å². The molecule has 17 heavy (non-hydrogen) atoms. The molecule has 0 saturated heterocycles. The Labute approximate surface area is 109 Å². The number of rotatable bonds is 4. The molecule has 0 heterocycles. The first-order valence-corrected chi connectivity index (χ1v) is 8.22. The Balaban J connectivity index is 2.73. The Morgan fingerprint density at radius 3 is 2.41 bits per heavy atom. The van der Waals surface area contributed by atoms with Gasteiger partial charge in [0, 0.05) is 20.8 Å². The molecular weight excluding hydrogens is 230 g/mol. The van der Waals surface area contributed by atoms with Crippen LogP contribution in [-0.2, 0) is 10.8 Å². The zero-order chi connectivity index (χ0) is 13.1. The molecule has 4 unspecified atom stereocenters. The maximum atomic E-state index is 12.6. The van der Waals surface area contributed by atoms with Gasteiger partial charge in [-0.05, 0) is 52.0 Å². The van der Waals surface area contributed by atoms with E-state index >= 15 is 0 Å². The standard InChI is InChI=1S/C14H29NOS/c1-5-6-11-7-8-12(10-15)13(9-11)17(16)14(2,3)4/h11-13H,5-10,15H2,1-4H3. The minimum Gasteiger partial charge on any atom is -0.330 e. The Kier molecular flexibility index (Phi) is 5.65. The smallest absolute Gasteiger partial charge is 0.0396 e. The van der Waals surface area contributed by atoms with Crippen molar-refractivity contribution in [1.82, 2.24) is 0 Å². The third-order valence-corrected chi connectivity index (χ3v) is 6.25. The van der Waals surface area contributed by atoms with Gasteiger partial charge in [-0.25, -0.2) is 0 Å². The topological polar surface area (TPSA) is 43.1 Å². The lowest BCUT2D eigenvalue weighted by molar-refractivity contribution is 0.271. The molecule has 1 rings (SSSR count). The third kappa shape index (κ3) is 4.06. The lowest BCUT2D eigenvalue weighted by atomic mass is 9.80. The quantitative estimate of drug-likeness (QED) is 0.843. The summed E-state index contributed by atoms with van der Waals surface area (Å²) in [6, 6.07) is 0. The van der Waals surface area contributed by atoms with E-state index in [1.807, 2.05) is 0 Å². The molecule has 0 bridgehead atoms. The molecule has 0 aromatic carbocycles. The molecule has 0 amide bonds. The first-order valence-electron chi connectivity index (χ1n) is 7.00. The normalized spacial score (nSPS) is 32.4. The minimum atomic E-state index is -0.758. The van der Waals surface area contributed by atoms with E-state index in [-0.39, 0.29) is 4.75 Å². The van der Waals surface area contributed by atoms with Crippen LogP contribution in [0.5, 0.6) is 0 Å². The van der Waals surface area contributed by atoms with Crippen LogP contribution in [-0.4, -0.2) is 20.8 Å². The SMILES string of the molecule is CCCC1CCC(CN)C(S(=O)C(C)(C)C)C1. The van der Waals surface area contributed by atoms with Crippen LogP contribution in [0.1, 0.15) is 59.8 Å². The van der Waals surface area contributed by atoms with E-state index in [9.17, 15) is 4.21 Å². The van der Waals surface area contributed by atoms with Gasteiger partial charge in [-0.15, -0.1) is 0 Å². The van der Waals surface area contributed by atoms with Crippen molar-refractivity contribution in [3.05, 3.63) is 0 Å². The highest BCUT2D eigenvalue weighted by atomic mass is 32.2. The van der Waals surface area contributed by atoms with Crippen LogP contribution in [0, 0.1) is 11.8 Å². The molecule has 4 atom stereocenters. The maximum absolute atomic E-state index is 12.6. The molecular formula is C14H29NOS. The second kappa shape index (κ2) is 6.33. The van der Waals surface area contributed by atoms with Crippen molar-refractivity contribution in [3.63, 3.8) is 0 Å². The van der Waals surface area contributed by atoms with Gasteiger partial charge in [0.25, 0.3) is 0 Å². The van der Waals surface area contributed by atoms with Crippen LogP contribution < -0.4 is 5.73 Å². The summed E-state index contributed by atoms with van der Waals surface area (Å²) in [5.41, 5.74) is 5.86. The molecule has 1 fully saturated rings. The summed E-state index contributed by atoms with van der Waals surface area (Å²) < 4.78 is 12.5. The summed E-state index contributed by atoms with van der Waals surface area (Å²) in [7, 11) is -0.758. The van der Waals surface area contributed by atoms with Crippen molar-refractivity contribution >= 4 is 10.8 Å². The van der Waals surface area contributed by atoms with Crippen molar-refractivity contribution in [2.75, 3.05) is 6.54 Å². The van der Waals surface area contributed by atoms with E-state index in [1.165, 1.54) is 25.7 Å². The fourth-order valence-electron chi connectivity index (χ4n) is 2.93. The molecule has 0 radical (unpaired) electrons. The highest BCUT2D eigenvalue weighted by Crippen LogP contribution is 2.36. The fourth-order valence-corrected chi connectivity index (χ4v) is 4.88. The van der Waals surface area contributed by atoms with Crippen LogP contribution in [0.15, 0.2) is 0 Å². The van der Waals surface area contributed by atoms with Gasteiger partial charge >= 0.3 is 0 Å². The second-order valence-electron chi connectivity index (χ2n) is 6.41. The molecule has 0 aromatic rings. The molecule has 0 spiro atoms. The molecule has 2 N–H and O–H groups in total. The molecule has 2 nitrogen and oxygen atoms in total. The predicted molar refractivity (Wildman–Crippen MR) is 76.5 cm³/mol. The molecule has 0 aromatic heterocycles. The van der Waals surface area contributed by atoms with Crippen molar-refractivity contribution in [1.29, 1.82) is 0 Å². The van der Waals surface area contributed by atoms with E-state index in [1.54, 1.807) is 0 Å². The summed E-state index contributed by atoms with van der Waals surface area (Å²) in [5, 5.41) is 0.324.